The number of rotatable bonds is 14. The number of benzene rings is 4. The van der Waals surface area contributed by atoms with Gasteiger partial charge in [0, 0.05) is 110 Å². The monoisotopic (exact) mass is 1610 g/mol. The second kappa shape index (κ2) is 56.4. The third kappa shape index (κ3) is 47.4. The van der Waals surface area contributed by atoms with E-state index in [4.69, 9.17) is 61.6 Å². The van der Waals surface area contributed by atoms with Crippen molar-refractivity contribution in [2.24, 2.45) is 20.0 Å². The molecular weight excluding hydrogens is 1500 g/mol. The average Bonchev–Trinajstić information content (AvgIpc) is 1.56. The summed E-state index contributed by atoms with van der Waals surface area (Å²) >= 11 is 0. The Labute approximate surface area is 644 Å². The molecule has 20 nitrogen and oxygen atoms in total. The number of aliphatic imine (C=N–C) groups is 4. The number of fused-ring (bicyclic) bond motifs is 2. The molecule has 0 aromatic heterocycles. The normalized spacial score (nSPS) is 14.1. The second-order valence-corrected chi connectivity index (χ2v) is 24.3. The van der Waals surface area contributed by atoms with Crippen molar-refractivity contribution in [2.75, 3.05) is 52.9 Å². The van der Waals surface area contributed by atoms with Crippen LogP contribution in [0, 0.1) is 140 Å². The molecule has 6 N–H and O–H groups in total. The molecule has 534 valence electrons. The summed E-state index contributed by atoms with van der Waals surface area (Å²) in [6.07, 6.45) is 12.6. The summed E-state index contributed by atoms with van der Waals surface area (Å²) in [5, 5.41) is 65.9. The van der Waals surface area contributed by atoms with Gasteiger partial charge in [-0.25, -0.2) is 10.5 Å². The predicted molar refractivity (Wildman–Crippen MR) is 390 cm³/mol. The van der Waals surface area contributed by atoms with E-state index in [0.29, 0.717) is 35.3 Å². The fourth-order valence-corrected chi connectivity index (χ4v) is 8.07. The van der Waals surface area contributed by atoms with Gasteiger partial charge in [0.1, 0.15) is 0 Å². The predicted octanol–water partition coefficient (Wildman–Crippen LogP) is 17.4. The van der Waals surface area contributed by atoms with Crippen LogP contribution in [0.25, 0.3) is 42.8 Å². The maximum atomic E-state index is 7.79. The van der Waals surface area contributed by atoms with E-state index in [2.05, 4.69) is 121 Å². The molecule has 0 spiro atoms. The van der Waals surface area contributed by atoms with Gasteiger partial charge in [0.05, 0.1) is 0 Å². The Balaban J connectivity index is 0. The van der Waals surface area contributed by atoms with Crippen LogP contribution in [0.2, 0.25) is 0 Å². The zero-order valence-corrected chi connectivity index (χ0v) is 63.1. The van der Waals surface area contributed by atoms with Crippen LogP contribution in [0.15, 0.2) is 92.8 Å². The van der Waals surface area contributed by atoms with Crippen molar-refractivity contribution in [2.45, 2.75) is 224 Å². The molecule has 4 heterocycles. The number of hydrogen-bond acceptors (Lipinski definition) is 12. The van der Waals surface area contributed by atoms with E-state index in [0.717, 1.165) is 97.1 Å². The number of nitrogens with one attached hydrogen (secondary N) is 6. The zero-order chi connectivity index (χ0) is 68.6. The maximum absolute atomic E-state index is 7.79. The molecule has 0 bridgehead atoms. The standard InChI is InChI=1S/2C24H36N6.2C4H5N2.4C4H8O.2Yb/c2*1-15(2)25-23(26-16(3)4)29-20-13-9-11-19-12-10-14-21(22(19)20)30-24(27-17(5)6)28-18(7)8;2*1-4(6)2-3-5;4*1-2-4-5-3-1;;/h2*9-18H,1-8H3,(H2-2,25,26,27,28,29,30);2*2,6H,1H3;4*1-4H2;;/q2*-2;2*-1;;;;;2*+3. The van der Waals surface area contributed by atoms with Crippen LogP contribution in [0.1, 0.15) is 176 Å². The summed E-state index contributed by atoms with van der Waals surface area (Å²) in [7, 11) is 0. The van der Waals surface area contributed by atoms with E-state index in [-0.39, 0.29) is 142 Å². The van der Waals surface area contributed by atoms with Crippen molar-refractivity contribution >= 4 is 79.6 Å². The summed E-state index contributed by atoms with van der Waals surface area (Å²) in [6, 6.07) is 29.4. The molecule has 22 heteroatoms. The molecule has 4 aliphatic heterocycles. The molecule has 4 aromatic rings. The molecule has 8 rings (SSSR count). The average molecular weight is 1610 g/mol. The third-order valence-corrected chi connectivity index (χ3v) is 11.7. The SMILES string of the molecule is C1CCOC1.C1CCOC1.C1CCOC1.C1CCOC1.CC(=N)[CH-]C#N.CC(=N)[CH-]C#N.CC(C)N=C([N-]c1cccc2cccc([N-]C(=NC(C)C)NC(C)C)c12)NC(C)C.CC(C)N=C([N-]c1cccc2cccc([N-]C(=NC(C)C)NC(C)C)c12)NC(C)C.[Yb+3].[Yb+3]. The van der Waals surface area contributed by atoms with Gasteiger partial charge < -0.3 is 92.3 Å². The summed E-state index contributed by atoms with van der Waals surface area (Å²) in [5.74, 6) is 2.55. The quantitative estimate of drug-likeness (QED) is 0.0394. The Morgan fingerprint density at radius 2 is 0.574 bits per heavy atom. The summed E-state index contributed by atoms with van der Waals surface area (Å²) in [4.78, 5) is 18.6. The van der Waals surface area contributed by atoms with Crippen molar-refractivity contribution in [3.8, 4) is 12.1 Å². The van der Waals surface area contributed by atoms with Crippen molar-refractivity contribution < 1.29 is 113 Å². The summed E-state index contributed by atoms with van der Waals surface area (Å²) < 4.78 is 19.8. The number of ether oxygens (including phenoxy) is 4. The smallest absolute Gasteiger partial charge is 0.437 e. The molecular formula is C72H114N16O4Yb2. The first kappa shape index (κ1) is 91.5. The Kier molecular flexibility index (Phi) is 54.9. The van der Waals surface area contributed by atoms with E-state index < -0.39 is 0 Å². The van der Waals surface area contributed by atoms with Gasteiger partial charge in [-0.05, 0) is 110 Å². The molecule has 4 aliphatic rings. The molecule has 0 saturated carbocycles. The Morgan fingerprint density at radius 1 is 0.383 bits per heavy atom. The molecule has 0 atom stereocenters. The van der Waals surface area contributed by atoms with Crippen LogP contribution < -0.4 is 21.3 Å². The van der Waals surface area contributed by atoms with Gasteiger partial charge in [-0.15, -0.1) is 11.4 Å². The molecule has 94 heavy (non-hydrogen) atoms. The number of guanidine groups is 4. The van der Waals surface area contributed by atoms with Gasteiger partial charge in [-0.1, -0.05) is 210 Å². The zero-order valence-electron chi connectivity index (χ0n) is 59.7. The number of hydrogen-bond donors (Lipinski definition) is 6. The van der Waals surface area contributed by atoms with Crippen LogP contribution in [0.3, 0.4) is 0 Å². The van der Waals surface area contributed by atoms with Crippen LogP contribution in [0.5, 0.6) is 0 Å². The minimum atomic E-state index is 0. The molecule has 2 radical (unpaired) electrons. The number of nitriles is 2. The fraction of sp³-hybridized carbons (Fsp3) is 0.583. The maximum Gasteiger partial charge on any atom is 3.00 e. The van der Waals surface area contributed by atoms with Crippen LogP contribution in [0.4, 0.5) is 22.7 Å². The summed E-state index contributed by atoms with van der Waals surface area (Å²) in [5.41, 5.74) is 3.97. The molecule has 0 aliphatic carbocycles. The molecule has 4 aromatic carbocycles. The Morgan fingerprint density at radius 3 is 0.691 bits per heavy atom. The second-order valence-electron chi connectivity index (χ2n) is 24.3. The van der Waals surface area contributed by atoms with E-state index in [1.54, 1.807) is 26.0 Å². The van der Waals surface area contributed by atoms with Gasteiger partial charge in [-0.2, -0.15) is 0 Å². The first-order chi connectivity index (χ1) is 43.8. The van der Waals surface area contributed by atoms with Gasteiger partial charge in [0.25, 0.3) is 0 Å². The van der Waals surface area contributed by atoms with Gasteiger partial charge in [0.15, 0.2) is 0 Å². The van der Waals surface area contributed by atoms with Crippen molar-refractivity contribution in [3.05, 3.63) is 107 Å². The number of nitrogens with zero attached hydrogens (tertiary/aromatic N) is 10. The van der Waals surface area contributed by atoms with Gasteiger partial charge in [-0.3, -0.25) is 12.8 Å². The Hall–Kier alpha value is -4.58. The molecule has 4 fully saturated rings. The van der Waals surface area contributed by atoms with Crippen molar-refractivity contribution in [3.63, 3.8) is 0 Å². The summed E-state index contributed by atoms with van der Waals surface area (Å²) in [6.45, 7) is 44.2. The largest absolute Gasteiger partial charge is 3.00 e. The van der Waals surface area contributed by atoms with E-state index >= 15 is 0 Å². The topological polar surface area (TPSA) is 286 Å². The molecule has 4 saturated heterocycles. The van der Waals surface area contributed by atoms with E-state index in [1.165, 1.54) is 64.2 Å². The van der Waals surface area contributed by atoms with Crippen molar-refractivity contribution in [1.82, 2.24) is 21.3 Å². The third-order valence-electron chi connectivity index (χ3n) is 11.7. The minimum absolute atomic E-state index is 0. The first-order valence-corrected chi connectivity index (χ1v) is 33.0. The van der Waals surface area contributed by atoms with Crippen LogP contribution in [-0.4, -0.2) is 136 Å². The Bertz CT molecular complexity index is 2500. The first-order valence-electron chi connectivity index (χ1n) is 33.0. The van der Waals surface area contributed by atoms with Crippen molar-refractivity contribution in [1.29, 1.82) is 21.3 Å². The van der Waals surface area contributed by atoms with Gasteiger partial charge in [0.2, 0.25) is 0 Å². The fourth-order valence-electron chi connectivity index (χ4n) is 8.07. The van der Waals surface area contributed by atoms with E-state index in [9.17, 15) is 0 Å². The molecule has 0 amide bonds. The minimum Gasteiger partial charge on any atom is -0.437 e. The van der Waals surface area contributed by atoms with E-state index in [1.807, 2.05) is 104 Å². The van der Waals surface area contributed by atoms with Crippen LogP contribution in [-0.2, 0) is 18.9 Å². The van der Waals surface area contributed by atoms with Crippen LogP contribution >= 0.6 is 0 Å². The molecule has 0 unspecified atom stereocenters. The van der Waals surface area contributed by atoms with Gasteiger partial charge >= 0.3 is 93.8 Å².